The SMILES string of the molecule is CCNC(=O)CN(C)C(=O)C1CNc2ccccc21. The third kappa shape index (κ3) is 2.86. The van der Waals surface area contributed by atoms with Gasteiger partial charge in [0.2, 0.25) is 11.8 Å². The van der Waals surface area contributed by atoms with Gasteiger partial charge >= 0.3 is 0 Å². The first-order valence-corrected chi connectivity index (χ1v) is 6.48. The number of carbonyl (C=O) groups excluding carboxylic acids is 2. The number of amides is 2. The van der Waals surface area contributed by atoms with Gasteiger partial charge in [0.1, 0.15) is 0 Å². The van der Waals surface area contributed by atoms with Crippen molar-refractivity contribution < 1.29 is 9.59 Å². The maximum atomic E-state index is 12.4. The number of rotatable bonds is 4. The molecule has 5 nitrogen and oxygen atoms in total. The lowest BCUT2D eigenvalue weighted by Crippen LogP contribution is -2.40. The fourth-order valence-corrected chi connectivity index (χ4v) is 2.32. The molecule has 1 aliphatic rings. The predicted octanol–water partition coefficient (Wildman–Crippen LogP) is 0.790. The van der Waals surface area contributed by atoms with Crippen LogP contribution in [-0.4, -0.2) is 43.4 Å². The number of benzene rings is 1. The molecule has 1 aromatic carbocycles. The first kappa shape index (κ1) is 13.4. The number of likely N-dealkylation sites (N-methyl/N-ethyl adjacent to an activating group) is 2. The van der Waals surface area contributed by atoms with Gasteiger partial charge in [0.05, 0.1) is 12.5 Å². The van der Waals surface area contributed by atoms with Gasteiger partial charge in [-0.15, -0.1) is 0 Å². The maximum Gasteiger partial charge on any atom is 0.239 e. The van der Waals surface area contributed by atoms with E-state index >= 15 is 0 Å². The number of nitrogens with zero attached hydrogens (tertiary/aromatic N) is 1. The zero-order valence-corrected chi connectivity index (χ0v) is 11.3. The molecule has 1 unspecified atom stereocenters. The number of hydrogen-bond acceptors (Lipinski definition) is 3. The molecule has 0 fully saturated rings. The van der Waals surface area contributed by atoms with Gasteiger partial charge < -0.3 is 15.5 Å². The van der Waals surface area contributed by atoms with Gasteiger partial charge in [0, 0.05) is 25.8 Å². The summed E-state index contributed by atoms with van der Waals surface area (Å²) < 4.78 is 0. The van der Waals surface area contributed by atoms with Crippen molar-refractivity contribution in [1.29, 1.82) is 0 Å². The molecule has 2 amide bonds. The van der Waals surface area contributed by atoms with Gasteiger partial charge in [-0.25, -0.2) is 0 Å². The van der Waals surface area contributed by atoms with Crippen LogP contribution in [0.4, 0.5) is 5.69 Å². The molecule has 5 heteroatoms. The summed E-state index contributed by atoms with van der Waals surface area (Å²) in [5.41, 5.74) is 2.02. The van der Waals surface area contributed by atoms with E-state index < -0.39 is 0 Å². The Labute approximate surface area is 113 Å². The second-order valence-electron chi connectivity index (χ2n) is 4.67. The van der Waals surface area contributed by atoms with E-state index in [1.807, 2.05) is 31.2 Å². The van der Waals surface area contributed by atoms with E-state index in [4.69, 9.17) is 0 Å². The standard InChI is InChI=1S/C14H19N3O2/c1-3-15-13(18)9-17(2)14(19)11-8-16-12-7-5-4-6-10(11)12/h4-7,11,16H,3,8-9H2,1-2H3,(H,15,18). The lowest BCUT2D eigenvalue weighted by Gasteiger charge is -2.20. The van der Waals surface area contributed by atoms with E-state index in [-0.39, 0.29) is 24.3 Å². The number of nitrogens with one attached hydrogen (secondary N) is 2. The monoisotopic (exact) mass is 261 g/mol. The van der Waals surface area contributed by atoms with Gasteiger partial charge in [0.25, 0.3) is 0 Å². The average Bonchev–Trinajstić information content (AvgIpc) is 2.81. The molecule has 0 spiro atoms. The van der Waals surface area contributed by atoms with Crippen LogP contribution in [0.5, 0.6) is 0 Å². The number of para-hydroxylation sites is 1. The minimum atomic E-state index is -0.198. The lowest BCUT2D eigenvalue weighted by molar-refractivity contribution is -0.135. The van der Waals surface area contributed by atoms with Crippen molar-refractivity contribution in [2.75, 3.05) is 32.0 Å². The molecule has 19 heavy (non-hydrogen) atoms. The van der Waals surface area contributed by atoms with E-state index in [9.17, 15) is 9.59 Å². The average molecular weight is 261 g/mol. The largest absolute Gasteiger partial charge is 0.384 e. The first-order valence-electron chi connectivity index (χ1n) is 6.48. The van der Waals surface area contributed by atoms with Crippen LogP contribution in [0.15, 0.2) is 24.3 Å². The molecule has 0 saturated carbocycles. The molecule has 1 atom stereocenters. The molecule has 2 N–H and O–H groups in total. The quantitative estimate of drug-likeness (QED) is 0.842. The fourth-order valence-electron chi connectivity index (χ4n) is 2.32. The molecule has 1 aliphatic heterocycles. The van der Waals surface area contributed by atoms with Gasteiger partial charge in [0.15, 0.2) is 0 Å². The maximum absolute atomic E-state index is 12.4. The van der Waals surface area contributed by atoms with E-state index in [1.54, 1.807) is 7.05 Å². The molecule has 0 bridgehead atoms. The van der Waals surface area contributed by atoms with Crippen molar-refractivity contribution in [3.63, 3.8) is 0 Å². The van der Waals surface area contributed by atoms with Crippen LogP contribution in [0.1, 0.15) is 18.4 Å². The molecule has 0 aromatic heterocycles. The summed E-state index contributed by atoms with van der Waals surface area (Å²) in [6, 6.07) is 7.79. The first-order chi connectivity index (χ1) is 9.13. The summed E-state index contributed by atoms with van der Waals surface area (Å²) in [6.45, 7) is 3.13. The molecular weight excluding hydrogens is 242 g/mol. The second kappa shape index (κ2) is 5.73. The van der Waals surface area contributed by atoms with Crippen molar-refractivity contribution in [2.45, 2.75) is 12.8 Å². The third-order valence-corrected chi connectivity index (χ3v) is 3.26. The van der Waals surface area contributed by atoms with E-state index in [1.165, 1.54) is 4.90 Å². The molecular formula is C14H19N3O2. The van der Waals surface area contributed by atoms with Crippen LogP contribution in [-0.2, 0) is 9.59 Å². The Balaban J connectivity index is 2.03. The summed E-state index contributed by atoms with van der Waals surface area (Å²) in [4.78, 5) is 25.3. The summed E-state index contributed by atoms with van der Waals surface area (Å²) in [6.07, 6.45) is 0. The van der Waals surface area contributed by atoms with Crippen molar-refractivity contribution >= 4 is 17.5 Å². The fraction of sp³-hybridized carbons (Fsp3) is 0.429. The minimum absolute atomic E-state index is 0.0243. The zero-order chi connectivity index (χ0) is 13.8. The van der Waals surface area contributed by atoms with Crippen molar-refractivity contribution in [1.82, 2.24) is 10.2 Å². The van der Waals surface area contributed by atoms with Crippen molar-refractivity contribution in [3.8, 4) is 0 Å². The predicted molar refractivity (Wildman–Crippen MR) is 74.0 cm³/mol. The third-order valence-electron chi connectivity index (χ3n) is 3.26. The minimum Gasteiger partial charge on any atom is -0.384 e. The molecule has 2 rings (SSSR count). The van der Waals surface area contributed by atoms with Gasteiger partial charge in [-0.2, -0.15) is 0 Å². The van der Waals surface area contributed by atoms with Crippen LogP contribution in [0.3, 0.4) is 0 Å². The molecule has 0 saturated heterocycles. The number of carbonyl (C=O) groups is 2. The molecule has 1 aromatic rings. The highest BCUT2D eigenvalue weighted by Gasteiger charge is 2.30. The van der Waals surface area contributed by atoms with Crippen LogP contribution in [0.2, 0.25) is 0 Å². The second-order valence-corrected chi connectivity index (χ2v) is 4.67. The molecule has 1 heterocycles. The van der Waals surface area contributed by atoms with Crippen molar-refractivity contribution in [3.05, 3.63) is 29.8 Å². The van der Waals surface area contributed by atoms with Crippen LogP contribution in [0.25, 0.3) is 0 Å². The highest BCUT2D eigenvalue weighted by Crippen LogP contribution is 2.31. The smallest absolute Gasteiger partial charge is 0.239 e. The van der Waals surface area contributed by atoms with Gasteiger partial charge in [-0.1, -0.05) is 18.2 Å². The van der Waals surface area contributed by atoms with E-state index in [0.29, 0.717) is 13.1 Å². The molecule has 0 aliphatic carbocycles. The lowest BCUT2D eigenvalue weighted by atomic mass is 10.00. The number of hydrogen-bond donors (Lipinski definition) is 2. The summed E-state index contributed by atoms with van der Waals surface area (Å²) in [5, 5.41) is 5.91. The normalized spacial score (nSPS) is 16.4. The van der Waals surface area contributed by atoms with Gasteiger partial charge in [-0.05, 0) is 18.6 Å². The van der Waals surface area contributed by atoms with E-state index in [0.717, 1.165) is 11.3 Å². The topological polar surface area (TPSA) is 61.4 Å². The zero-order valence-electron chi connectivity index (χ0n) is 11.3. The van der Waals surface area contributed by atoms with Crippen LogP contribution >= 0.6 is 0 Å². The molecule has 0 radical (unpaired) electrons. The highest BCUT2D eigenvalue weighted by atomic mass is 16.2. The number of anilines is 1. The Morgan fingerprint density at radius 2 is 2.16 bits per heavy atom. The summed E-state index contributed by atoms with van der Waals surface area (Å²) in [5.74, 6) is -0.350. The Morgan fingerprint density at radius 3 is 2.89 bits per heavy atom. The summed E-state index contributed by atoms with van der Waals surface area (Å²) >= 11 is 0. The van der Waals surface area contributed by atoms with Gasteiger partial charge in [-0.3, -0.25) is 9.59 Å². The Bertz CT molecular complexity index is 487. The Morgan fingerprint density at radius 1 is 1.42 bits per heavy atom. The highest BCUT2D eigenvalue weighted by molar-refractivity contribution is 5.91. The van der Waals surface area contributed by atoms with Crippen LogP contribution < -0.4 is 10.6 Å². The number of fused-ring (bicyclic) bond motifs is 1. The Kier molecular flexibility index (Phi) is 4.04. The van der Waals surface area contributed by atoms with Crippen LogP contribution in [0, 0.1) is 0 Å². The van der Waals surface area contributed by atoms with E-state index in [2.05, 4.69) is 10.6 Å². The Hall–Kier alpha value is -2.04. The summed E-state index contributed by atoms with van der Waals surface area (Å²) in [7, 11) is 1.67. The van der Waals surface area contributed by atoms with Crippen molar-refractivity contribution in [2.24, 2.45) is 0 Å². The molecule has 102 valence electrons.